The van der Waals surface area contributed by atoms with Gasteiger partial charge in [-0.15, -0.1) is 11.8 Å². The number of likely N-dealkylation sites (tertiary alicyclic amines) is 1. The number of rotatable bonds is 29. The lowest BCUT2D eigenvalue weighted by atomic mass is 9.84. The van der Waals surface area contributed by atoms with Gasteiger partial charge < -0.3 is 14.4 Å². The van der Waals surface area contributed by atoms with Crippen LogP contribution in [0.4, 0.5) is 0 Å². The predicted molar refractivity (Wildman–Crippen MR) is 236 cm³/mol. The number of esters is 2. The first-order valence-corrected chi connectivity index (χ1v) is 23.4. The Morgan fingerprint density at radius 2 is 1.12 bits per heavy atom. The molecule has 1 fully saturated rings. The average molecular weight is 784 g/mol. The fourth-order valence-corrected chi connectivity index (χ4v) is 9.72. The molecule has 308 valence electrons. The first-order valence-electron chi connectivity index (χ1n) is 22.4. The Balaban J connectivity index is 1.09. The molecule has 6 heteroatoms. The Morgan fingerprint density at radius 3 is 1.66 bits per heavy atom. The monoisotopic (exact) mass is 784 g/mol. The van der Waals surface area contributed by atoms with Crippen molar-refractivity contribution in [2.75, 3.05) is 38.6 Å². The molecule has 5 nitrogen and oxygen atoms in total. The number of ether oxygens (including phenoxy) is 2. The fourth-order valence-electron chi connectivity index (χ4n) is 8.24. The summed E-state index contributed by atoms with van der Waals surface area (Å²) in [5.41, 5.74) is 3.95. The average Bonchev–Trinajstić information content (AvgIpc) is 3.24. The number of nitrogens with zero attached hydrogens (tertiary/aromatic N) is 1. The topological polar surface area (TPSA) is 55.8 Å². The molecule has 1 aliphatic heterocycles. The van der Waals surface area contributed by atoms with Crippen LogP contribution in [0.2, 0.25) is 0 Å². The highest BCUT2D eigenvalue weighted by atomic mass is 32.2. The van der Waals surface area contributed by atoms with Gasteiger partial charge >= 0.3 is 11.9 Å². The van der Waals surface area contributed by atoms with Crippen molar-refractivity contribution in [3.63, 3.8) is 0 Å². The zero-order valence-electron chi connectivity index (χ0n) is 35.0. The quantitative estimate of drug-likeness (QED) is 0.0397. The van der Waals surface area contributed by atoms with E-state index in [1.807, 2.05) is 11.8 Å². The van der Waals surface area contributed by atoms with Crippen molar-refractivity contribution >= 4 is 23.7 Å². The molecule has 1 heterocycles. The zero-order valence-corrected chi connectivity index (χ0v) is 35.8. The van der Waals surface area contributed by atoms with E-state index < -0.39 is 0 Å². The second-order valence-electron chi connectivity index (χ2n) is 16.1. The van der Waals surface area contributed by atoms with Crippen molar-refractivity contribution < 1.29 is 19.1 Å². The third-order valence-electron chi connectivity index (χ3n) is 11.6. The predicted octanol–water partition coefficient (Wildman–Crippen LogP) is 12.8. The van der Waals surface area contributed by atoms with Crippen LogP contribution in [0, 0.1) is 11.8 Å². The third-order valence-corrected chi connectivity index (χ3v) is 13.3. The van der Waals surface area contributed by atoms with Gasteiger partial charge in [0.25, 0.3) is 0 Å². The van der Waals surface area contributed by atoms with Crippen LogP contribution in [-0.4, -0.2) is 55.4 Å². The van der Waals surface area contributed by atoms with E-state index >= 15 is 0 Å². The summed E-state index contributed by atoms with van der Waals surface area (Å²) in [6.45, 7) is 8.81. The molecule has 0 aromatic heterocycles. The molecule has 0 N–H and O–H groups in total. The largest absolute Gasteiger partial charge is 0.466 e. The SMILES string of the molecule is CCCCCCCCC(CCCCCC)COC(=O)CCCC(=O)OCCC1CCN(CCCSC(c2ccccc2)(c2ccccc2)c2ccccc2)CC1. The number of hydrogen-bond donors (Lipinski definition) is 0. The zero-order chi connectivity index (χ0) is 39.5. The number of carbonyl (C=O) groups is 2. The second-order valence-corrected chi connectivity index (χ2v) is 17.4. The molecule has 0 amide bonds. The highest BCUT2D eigenvalue weighted by Gasteiger charge is 2.36. The fraction of sp³-hybridized carbons (Fsp3) is 0.600. The van der Waals surface area contributed by atoms with Crippen LogP contribution < -0.4 is 0 Å². The summed E-state index contributed by atoms with van der Waals surface area (Å²) in [4.78, 5) is 27.6. The summed E-state index contributed by atoms with van der Waals surface area (Å²) in [6, 6.07) is 32.9. The standard InChI is InChI=1S/C50H73NO4S/c1-3-5-7-9-10-15-25-44(24-14-8-6-4-2)42-55-49(53)33-22-32-48(52)54-40-36-43-34-38-51(39-35-43)37-23-41-56-50(45-26-16-11-17-27-45,46-28-18-12-19-29-46)47-30-20-13-21-31-47/h11-13,16-21,26-31,43-44H,3-10,14-15,22-25,32-42H2,1-2H3. The molecule has 1 saturated heterocycles. The molecule has 3 aromatic rings. The number of carbonyl (C=O) groups excluding carboxylic acids is 2. The van der Waals surface area contributed by atoms with Crippen molar-refractivity contribution in [3.8, 4) is 0 Å². The smallest absolute Gasteiger partial charge is 0.305 e. The van der Waals surface area contributed by atoms with Gasteiger partial charge in [0.05, 0.1) is 18.0 Å². The van der Waals surface area contributed by atoms with Crippen molar-refractivity contribution in [3.05, 3.63) is 108 Å². The molecular weight excluding hydrogens is 711 g/mol. The molecule has 0 aliphatic carbocycles. The van der Waals surface area contributed by atoms with E-state index in [0.29, 0.717) is 31.5 Å². The van der Waals surface area contributed by atoms with Crippen LogP contribution in [0.5, 0.6) is 0 Å². The highest BCUT2D eigenvalue weighted by molar-refractivity contribution is 8.00. The van der Waals surface area contributed by atoms with E-state index in [-0.39, 0.29) is 29.5 Å². The summed E-state index contributed by atoms with van der Waals surface area (Å²) >= 11 is 2.05. The molecule has 0 radical (unpaired) electrons. The number of benzene rings is 3. The van der Waals surface area contributed by atoms with Crippen molar-refractivity contribution in [2.24, 2.45) is 11.8 Å². The van der Waals surface area contributed by atoms with Crippen LogP contribution in [0.15, 0.2) is 91.0 Å². The van der Waals surface area contributed by atoms with Gasteiger partial charge in [-0.05, 0) is 98.9 Å². The lowest BCUT2D eigenvalue weighted by molar-refractivity contribution is -0.146. The molecule has 56 heavy (non-hydrogen) atoms. The van der Waals surface area contributed by atoms with E-state index in [0.717, 1.165) is 63.9 Å². The number of hydrogen-bond acceptors (Lipinski definition) is 6. The van der Waals surface area contributed by atoms with Crippen molar-refractivity contribution in [1.82, 2.24) is 4.90 Å². The number of piperidine rings is 1. The Kier molecular flexibility index (Phi) is 22.4. The molecular formula is C50H73NO4S. The Hall–Kier alpha value is -3.09. The van der Waals surface area contributed by atoms with Crippen LogP contribution in [0.3, 0.4) is 0 Å². The Morgan fingerprint density at radius 1 is 0.643 bits per heavy atom. The van der Waals surface area contributed by atoms with Crippen LogP contribution in [0.1, 0.15) is 153 Å². The minimum absolute atomic E-state index is 0.174. The van der Waals surface area contributed by atoms with Gasteiger partial charge in [0.15, 0.2) is 0 Å². The van der Waals surface area contributed by atoms with Gasteiger partial charge in [0, 0.05) is 12.8 Å². The maximum absolute atomic E-state index is 12.5. The summed E-state index contributed by atoms with van der Waals surface area (Å²) in [6.07, 6.45) is 20.5. The minimum atomic E-state index is -0.263. The van der Waals surface area contributed by atoms with Crippen molar-refractivity contribution in [2.45, 2.75) is 141 Å². The third kappa shape index (κ3) is 16.4. The molecule has 1 atom stereocenters. The van der Waals surface area contributed by atoms with E-state index in [4.69, 9.17) is 9.47 Å². The number of thioether (sulfide) groups is 1. The normalized spacial score (nSPS) is 14.4. The minimum Gasteiger partial charge on any atom is -0.466 e. The Labute approximate surface area is 345 Å². The van der Waals surface area contributed by atoms with Gasteiger partial charge in [0.2, 0.25) is 0 Å². The Bertz CT molecular complexity index is 1350. The van der Waals surface area contributed by atoms with Crippen molar-refractivity contribution in [1.29, 1.82) is 0 Å². The van der Waals surface area contributed by atoms with E-state index in [1.54, 1.807) is 0 Å². The van der Waals surface area contributed by atoms with E-state index in [1.165, 1.54) is 80.9 Å². The lowest BCUT2D eigenvalue weighted by Crippen LogP contribution is -2.35. The molecule has 0 saturated carbocycles. The summed E-state index contributed by atoms with van der Waals surface area (Å²) in [5, 5.41) is 0. The maximum Gasteiger partial charge on any atom is 0.305 e. The lowest BCUT2D eigenvalue weighted by Gasteiger charge is -2.36. The van der Waals surface area contributed by atoms with Crippen LogP contribution in [0.25, 0.3) is 0 Å². The van der Waals surface area contributed by atoms with Gasteiger partial charge in [-0.25, -0.2) is 0 Å². The molecule has 0 spiro atoms. The first kappa shape index (κ1) is 45.6. The van der Waals surface area contributed by atoms with Gasteiger partial charge in [-0.2, -0.15) is 0 Å². The highest BCUT2D eigenvalue weighted by Crippen LogP contribution is 2.48. The second kappa shape index (κ2) is 27.5. The van der Waals surface area contributed by atoms with Crippen LogP contribution >= 0.6 is 11.8 Å². The summed E-state index contributed by atoms with van der Waals surface area (Å²) in [7, 11) is 0. The van der Waals surface area contributed by atoms with Gasteiger partial charge in [-0.3, -0.25) is 9.59 Å². The van der Waals surface area contributed by atoms with Crippen LogP contribution in [-0.2, 0) is 23.8 Å². The summed E-state index contributed by atoms with van der Waals surface area (Å²) in [5.74, 6) is 1.75. The van der Waals surface area contributed by atoms with E-state index in [9.17, 15) is 9.59 Å². The molecule has 3 aromatic carbocycles. The van der Waals surface area contributed by atoms with Gasteiger partial charge in [0.1, 0.15) is 0 Å². The first-order chi connectivity index (χ1) is 27.5. The van der Waals surface area contributed by atoms with E-state index in [2.05, 4.69) is 110 Å². The molecule has 1 aliphatic rings. The molecule has 0 bridgehead atoms. The van der Waals surface area contributed by atoms with Gasteiger partial charge in [-0.1, -0.05) is 169 Å². The number of unbranched alkanes of at least 4 members (excludes halogenated alkanes) is 8. The maximum atomic E-state index is 12.5. The summed E-state index contributed by atoms with van der Waals surface area (Å²) < 4.78 is 11.1. The molecule has 1 unspecified atom stereocenters. The molecule has 4 rings (SSSR count).